The van der Waals surface area contributed by atoms with Gasteiger partial charge in [-0.2, -0.15) is 0 Å². The minimum atomic E-state index is -0.135. The van der Waals surface area contributed by atoms with Gasteiger partial charge in [-0.15, -0.1) is 17.5 Å². The van der Waals surface area contributed by atoms with E-state index in [1.165, 1.54) is 6.42 Å². The topological polar surface area (TPSA) is 71.8 Å². The fourth-order valence-electron chi connectivity index (χ4n) is 2.14. The van der Waals surface area contributed by atoms with Crippen LogP contribution in [-0.4, -0.2) is 40.0 Å². The molecule has 1 aromatic rings. The largest absolute Gasteiger partial charge is 0.349 e. The molecule has 1 aromatic heterocycles. The summed E-state index contributed by atoms with van der Waals surface area (Å²) in [7, 11) is 0. The maximum absolute atomic E-state index is 11.9. The van der Waals surface area contributed by atoms with Gasteiger partial charge < -0.3 is 10.6 Å². The molecule has 1 unspecified atom stereocenters. The Labute approximate surface area is 126 Å². The van der Waals surface area contributed by atoms with Crippen molar-refractivity contribution in [2.75, 3.05) is 13.1 Å². The van der Waals surface area contributed by atoms with Gasteiger partial charge in [-0.1, -0.05) is 19.1 Å². The van der Waals surface area contributed by atoms with Gasteiger partial charge in [0.15, 0.2) is 5.69 Å². The first-order chi connectivity index (χ1) is 9.15. The zero-order chi connectivity index (χ0) is 13.7. The standard InChI is InChI=1S/C13H23N5O.ClH/c1-10(2)5-7-18-9-12(16-17-18)13(19)15-8-11-4-3-6-14-11;/h9-11,14H,3-8H2,1-2H3,(H,15,19);1H. The Bertz CT molecular complexity index is 415. The van der Waals surface area contributed by atoms with E-state index < -0.39 is 0 Å². The molecule has 20 heavy (non-hydrogen) atoms. The van der Waals surface area contributed by atoms with Crippen molar-refractivity contribution >= 4 is 18.3 Å². The van der Waals surface area contributed by atoms with Crippen molar-refractivity contribution < 1.29 is 4.79 Å². The molecule has 2 N–H and O–H groups in total. The Morgan fingerprint density at radius 2 is 2.40 bits per heavy atom. The Hall–Kier alpha value is -1.14. The average molecular weight is 302 g/mol. The Morgan fingerprint density at radius 3 is 3.05 bits per heavy atom. The first kappa shape index (κ1) is 16.9. The van der Waals surface area contributed by atoms with Crippen LogP contribution in [0.15, 0.2) is 6.20 Å². The number of aryl methyl sites for hydroxylation is 1. The van der Waals surface area contributed by atoms with Crippen LogP contribution in [0.5, 0.6) is 0 Å². The van der Waals surface area contributed by atoms with E-state index in [1.807, 2.05) is 0 Å². The number of hydrogen-bond acceptors (Lipinski definition) is 4. The maximum Gasteiger partial charge on any atom is 0.273 e. The second kappa shape index (κ2) is 8.21. The molecule has 1 saturated heterocycles. The van der Waals surface area contributed by atoms with E-state index in [1.54, 1.807) is 10.9 Å². The summed E-state index contributed by atoms with van der Waals surface area (Å²) < 4.78 is 1.74. The molecule has 1 atom stereocenters. The molecular formula is C13H24ClN5O. The molecule has 1 aliphatic rings. The van der Waals surface area contributed by atoms with E-state index >= 15 is 0 Å². The lowest BCUT2D eigenvalue weighted by atomic mass is 10.1. The first-order valence-electron chi connectivity index (χ1n) is 7.07. The minimum absolute atomic E-state index is 0. The van der Waals surface area contributed by atoms with E-state index in [9.17, 15) is 4.79 Å². The Morgan fingerprint density at radius 1 is 1.60 bits per heavy atom. The number of nitrogens with zero attached hydrogens (tertiary/aromatic N) is 3. The van der Waals surface area contributed by atoms with Crippen LogP contribution in [-0.2, 0) is 6.54 Å². The van der Waals surface area contributed by atoms with Crippen molar-refractivity contribution in [2.45, 2.75) is 45.7 Å². The molecule has 7 heteroatoms. The molecule has 6 nitrogen and oxygen atoms in total. The van der Waals surface area contributed by atoms with E-state index in [-0.39, 0.29) is 18.3 Å². The Balaban J connectivity index is 0.00000200. The summed E-state index contributed by atoms with van der Waals surface area (Å²) in [4.78, 5) is 11.9. The second-order valence-corrected chi connectivity index (χ2v) is 5.55. The van der Waals surface area contributed by atoms with Crippen molar-refractivity contribution in [2.24, 2.45) is 5.92 Å². The second-order valence-electron chi connectivity index (χ2n) is 5.55. The van der Waals surface area contributed by atoms with Gasteiger partial charge in [0.1, 0.15) is 0 Å². The molecular weight excluding hydrogens is 278 g/mol. The first-order valence-corrected chi connectivity index (χ1v) is 7.07. The predicted octanol–water partition coefficient (Wildman–Crippen LogP) is 1.23. The number of nitrogens with one attached hydrogen (secondary N) is 2. The van der Waals surface area contributed by atoms with Gasteiger partial charge in [-0.25, -0.2) is 0 Å². The smallest absolute Gasteiger partial charge is 0.273 e. The van der Waals surface area contributed by atoms with Crippen LogP contribution in [0, 0.1) is 5.92 Å². The number of rotatable bonds is 6. The van der Waals surface area contributed by atoms with Crippen LogP contribution in [0.25, 0.3) is 0 Å². The molecule has 1 amide bonds. The molecule has 1 fully saturated rings. The zero-order valence-electron chi connectivity index (χ0n) is 12.1. The van der Waals surface area contributed by atoms with Crippen LogP contribution in [0.2, 0.25) is 0 Å². The predicted molar refractivity (Wildman–Crippen MR) is 80.1 cm³/mol. The van der Waals surface area contributed by atoms with E-state index in [4.69, 9.17) is 0 Å². The van der Waals surface area contributed by atoms with Crippen molar-refractivity contribution in [1.82, 2.24) is 25.6 Å². The highest BCUT2D eigenvalue weighted by Crippen LogP contribution is 2.04. The normalized spacial score (nSPS) is 18.1. The summed E-state index contributed by atoms with van der Waals surface area (Å²) in [6.07, 6.45) is 5.07. The zero-order valence-corrected chi connectivity index (χ0v) is 12.9. The highest BCUT2D eigenvalue weighted by molar-refractivity contribution is 5.91. The van der Waals surface area contributed by atoms with Gasteiger partial charge in [0.05, 0.1) is 6.20 Å². The lowest BCUT2D eigenvalue weighted by Gasteiger charge is -2.09. The van der Waals surface area contributed by atoms with E-state index in [0.29, 0.717) is 24.2 Å². The number of halogens is 1. The van der Waals surface area contributed by atoms with Gasteiger partial charge in [-0.05, 0) is 31.7 Å². The van der Waals surface area contributed by atoms with Gasteiger partial charge in [-0.3, -0.25) is 9.48 Å². The van der Waals surface area contributed by atoms with Crippen molar-refractivity contribution in [3.8, 4) is 0 Å². The molecule has 1 aliphatic heterocycles. The summed E-state index contributed by atoms with van der Waals surface area (Å²) in [6, 6.07) is 0.403. The van der Waals surface area contributed by atoms with Gasteiger partial charge in [0.25, 0.3) is 5.91 Å². The molecule has 0 bridgehead atoms. The summed E-state index contributed by atoms with van der Waals surface area (Å²) in [6.45, 7) is 6.85. The summed E-state index contributed by atoms with van der Waals surface area (Å²) >= 11 is 0. The quantitative estimate of drug-likeness (QED) is 0.829. The van der Waals surface area contributed by atoms with Crippen molar-refractivity contribution in [1.29, 1.82) is 0 Å². The molecule has 0 spiro atoms. The molecule has 0 aliphatic carbocycles. The van der Waals surface area contributed by atoms with E-state index in [2.05, 4.69) is 34.8 Å². The van der Waals surface area contributed by atoms with Gasteiger partial charge in [0, 0.05) is 19.1 Å². The number of aromatic nitrogens is 3. The minimum Gasteiger partial charge on any atom is -0.349 e. The number of hydrogen-bond donors (Lipinski definition) is 2. The number of amides is 1. The van der Waals surface area contributed by atoms with Crippen molar-refractivity contribution in [3.63, 3.8) is 0 Å². The summed E-state index contributed by atoms with van der Waals surface area (Å²) in [5.41, 5.74) is 0.404. The highest BCUT2D eigenvalue weighted by Gasteiger charge is 2.16. The molecule has 0 radical (unpaired) electrons. The third kappa shape index (κ3) is 5.09. The Kier molecular flexibility index (Phi) is 6.95. The third-order valence-corrected chi connectivity index (χ3v) is 3.38. The monoisotopic (exact) mass is 301 g/mol. The van der Waals surface area contributed by atoms with E-state index in [0.717, 1.165) is 25.9 Å². The fourth-order valence-corrected chi connectivity index (χ4v) is 2.14. The molecule has 2 heterocycles. The third-order valence-electron chi connectivity index (χ3n) is 3.38. The molecule has 0 aromatic carbocycles. The maximum atomic E-state index is 11.9. The molecule has 0 saturated carbocycles. The SMILES string of the molecule is CC(C)CCn1cc(C(=O)NCC2CCCN2)nn1.Cl. The van der Waals surface area contributed by atoms with Gasteiger partial charge >= 0.3 is 0 Å². The lowest BCUT2D eigenvalue weighted by Crippen LogP contribution is -2.37. The molecule has 114 valence electrons. The highest BCUT2D eigenvalue weighted by atomic mass is 35.5. The summed E-state index contributed by atoms with van der Waals surface area (Å²) in [5.74, 6) is 0.486. The van der Waals surface area contributed by atoms with Crippen LogP contribution in [0.3, 0.4) is 0 Å². The fraction of sp³-hybridized carbons (Fsp3) is 0.769. The lowest BCUT2D eigenvalue weighted by molar-refractivity contribution is 0.0945. The van der Waals surface area contributed by atoms with Crippen LogP contribution < -0.4 is 10.6 Å². The van der Waals surface area contributed by atoms with Crippen molar-refractivity contribution in [3.05, 3.63) is 11.9 Å². The van der Waals surface area contributed by atoms with Crippen LogP contribution in [0.4, 0.5) is 0 Å². The summed E-state index contributed by atoms with van der Waals surface area (Å²) in [5, 5.41) is 14.1. The van der Waals surface area contributed by atoms with Crippen LogP contribution >= 0.6 is 12.4 Å². The number of carbonyl (C=O) groups is 1. The average Bonchev–Trinajstić information content (AvgIpc) is 3.04. The van der Waals surface area contributed by atoms with Crippen LogP contribution in [0.1, 0.15) is 43.6 Å². The van der Waals surface area contributed by atoms with Gasteiger partial charge in [0.2, 0.25) is 0 Å². The molecule has 2 rings (SSSR count). The number of carbonyl (C=O) groups excluding carboxylic acids is 1.